The van der Waals surface area contributed by atoms with Crippen LogP contribution in [0.2, 0.25) is 0 Å². The van der Waals surface area contributed by atoms with Crippen LogP contribution in [-0.2, 0) is 51.1 Å². The summed E-state index contributed by atoms with van der Waals surface area (Å²) in [7, 11) is 3.14. The molecular weight excluding hydrogens is 1000 g/mol. The van der Waals surface area contributed by atoms with Crippen molar-refractivity contribution in [1.29, 1.82) is 0 Å². The van der Waals surface area contributed by atoms with Crippen molar-refractivity contribution in [2.75, 3.05) is 66.6 Å². The minimum absolute atomic E-state index is 0.158. The number of alkyl halides is 6. The van der Waals surface area contributed by atoms with E-state index in [1.807, 2.05) is 30.3 Å². The first-order chi connectivity index (χ1) is 36.0. The smallest absolute Gasteiger partial charge is 0.364 e. The molecule has 0 spiro atoms. The van der Waals surface area contributed by atoms with Gasteiger partial charge in [-0.1, -0.05) is 72.5 Å². The van der Waals surface area contributed by atoms with E-state index < -0.39 is 96.3 Å². The maximum absolute atomic E-state index is 14.2. The molecule has 4 rings (SSSR count). The van der Waals surface area contributed by atoms with Gasteiger partial charge in [0.2, 0.25) is 23.6 Å². The highest BCUT2D eigenvalue weighted by Crippen LogP contribution is 2.27. The van der Waals surface area contributed by atoms with Crippen molar-refractivity contribution >= 4 is 35.4 Å². The van der Waals surface area contributed by atoms with Crippen molar-refractivity contribution in [1.82, 2.24) is 40.9 Å². The fourth-order valence-corrected chi connectivity index (χ4v) is 8.88. The van der Waals surface area contributed by atoms with Gasteiger partial charge in [-0.2, -0.15) is 26.3 Å². The number of carbonyl (C=O) groups is 6. The van der Waals surface area contributed by atoms with Crippen LogP contribution in [-0.4, -0.2) is 182 Å². The van der Waals surface area contributed by atoms with Crippen molar-refractivity contribution in [3.8, 4) is 23.7 Å². The van der Waals surface area contributed by atoms with Gasteiger partial charge < -0.3 is 50.3 Å². The summed E-state index contributed by atoms with van der Waals surface area (Å²) in [5.41, 5.74) is 1.66. The molecule has 2 heterocycles. The zero-order valence-electron chi connectivity index (χ0n) is 44.0. The molecule has 2 aliphatic rings. The lowest BCUT2D eigenvalue weighted by Crippen LogP contribution is -2.59. The third-order valence-corrected chi connectivity index (χ3v) is 13.6. The SMILES string of the molecule is CN[C@@H](C)C(=O)NC(CC(=O)N1CCC[C@H]1CN(CCCc1ccccc1)C(=O)C(F)(F)F)C(C)OCC#CC#CCOC(C)C(NC(=O)[C@H](C)NC)C(=O)N1CCCC1CN(CCc1ccccc1)C(=O)C(F)(F)F. The van der Waals surface area contributed by atoms with Crippen molar-refractivity contribution in [2.45, 2.75) is 140 Å². The molecule has 0 saturated carbocycles. The van der Waals surface area contributed by atoms with Crippen LogP contribution in [0.5, 0.6) is 0 Å². The Hall–Kier alpha value is -6.20. The molecule has 2 fully saturated rings. The number of nitrogens with one attached hydrogen (secondary N) is 4. The highest BCUT2D eigenvalue weighted by molar-refractivity contribution is 5.90. The van der Waals surface area contributed by atoms with Gasteiger partial charge in [0, 0.05) is 57.8 Å². The molecule has 4 N–H and O–H groups in total. The molecule has 8 atom stereocenters. The van der Waals surface area contributed by atoms with Gasteiger partial charge >= 0.3 is 24.2 Å². The second kappa shape index (κ2) is 30.5. The number of likely N-dealkylation sites (N-methyl/N-ethyl adjacent to an activating group) is 2. The molecule has 16 nitrogen and oxygen atoms in total. The molecule has 0 radical (unpaired) electrons. The van der Waals surface area contributed by atoms with Gasteiger partial charge in [0.05, 0.1) is 30.3 Å². The average Bonchev–Trinajstić information content (AvgIpc) is 4.08. The first-order valence-electron chi connectivity index (χ1n) is 25.6. The summed E-state index contributed by atoms with van der Waals surface area (Å²) in [5, 5.41) is 11.2. The van der Waals surface area contributed by atoms with Gasteiger partial charge in [0.15, 0.2) is 0 Å². The van der Waals surface area contributed by atoms with Crippen molar-refractivity contribution < 1.29 is 64.6 Å². The summed E-state index contributed by atoms with van der Waals surface area (Å²) >= 11 is 0. The topological polar surface area (TPSA) is 182 Å². The summed E-state index contributed by atoms with van der Waals surface area (Å²) in [6.07, 6.45) is -9.69. The molecule has 22 heteroatoms. The Bertz CT molecular complexity index is 2340. The maximum Gasteiger partial charge on any atom is 0.471 e. The zero-order chi connectivity index (χ0) is 56.0. The van der Waals surface area contributed by atoms with E-state index >= 15 is 0 Å². The predicted molar refractivity (Wildman–Crippen MR) is 272 cm³/mol. The van der Waals surface area contributed by atoms with Crippen LogP contribution in [0.15, 0.2) is 60.7 Å². The Morgan fingerprint density at radius 2 is 1.11 bits per heavy atom. The second-order valence-corrected chi connectivity index (χ2v) is 19.0. The molecule has 0 aliphatic carbocycles. The van der Waals surface area contributed by atoms with Gasteiger partial charge in [-0.15, -0.1) is 0 Å². The predicted octanol–water partition coefficient (Wildman–Crippen LogP) is 4.02. The fourth-order valence-electron chi connectivity index (χ4n) is 8.88. The van der Waals surface area contributed by atoms with Gasteiger partial charge in [-0.25, -0.2) is 0 Å². The van der Waals surface area contributed by atoms with E-state index in [1.54, 1.807) is 72.1 Å². The van der Waals surface area contributed by atoms with E-state index in [0.29, 0.717) is 32.1 Å². The molecule has 5 unspecified atom stereocenters. The lowest BCUT2D eigenvalue weighted by molar-refractivity contribution is -0.186. The van der Waals surface area contributed by atoms with Crippen LogP contribution in [0.1, 0.15) is 77.3 Å². The van der Waals surface area contributed by atoms with Gasteiger partial charge in [0.25, 0.3) is 0 Å². The summed E-state index contributed by atoms with van der Waals surface area (Å²) in [6, 6.07) is 12.9. The largest absolute Gasteiger partial charge is 0.471 e. The fraction of sp³-hybridized carbons (Fsp3) is 0.593. The summed E-state index contributed by atoms with van der Waals surface area (Å²) in [4.78, 5) is 83.8. The standard InChI is InChI=1S/C54H72F6N8O8/c1-37(61-5)48(70)63-45(34-46(69)67-29-18-25-43(67)35-65(51(73)53(55,56)57)28-17-24-41-20-11-9-12-21-41)39(3)75-32-15-7-8-16-33-76-40(4)47(64-49(71)38(2)62-6)50(72)68-30-19-26-44(68)36-66(52(74)54(58,59)60)31-27-42-22-13-10-14-23-42/h9-14,20-23,37-40,43-45,47,61-62H,17-19,24-36H2,1-6H3,(H,63,70)(H,64,71)/t37-,38-,39?,40?,43-,44?,45?,47?/m0/s1. The molecule has 2 saturated heterocycles. The van der Waals surface area contributed by atoms with Crippen LogP contribution < -0.4 is 21.3 Å². The Labute approximate surface area is 441 Å². The lowest BCUT2D eigenvalue weighted by atomic mass is 10.1. The van der Waals surface area contributed by atoms with Gasteiger partial charge in [0.1, 0.15) is 19.3 Å². The number of nitrogens with zero attached hydrogens (tertiary/aromatic N) is 4. The number of amides is 6. The number of halogens is 6. The monoisotopic (exact) mass is 1070 g/mol. The minimum Gasteiger partial charge on any atom is -0.364 e. The highest BCUT2D eigenvalue weighted by atomic mass is 19.4. The summed E-state index contributed by atoms with van der Waals surface area (Å²) in [5.74, 6) is 4.72. The van der Waals surface area contributed by atoms with Gasteiger partial charge in [-0.3, -0.25) is 28.8 Å². The average molecular weight is 1080 g/mol. The summed E-state index contributed by atoms with van der Waals surface area (Å²) < 4.78 is 94.5. The van der Waals surface area contributed by atoms with E-state index in [-0.39, 0.29) is 71.7 Å². The number of aryl methyl sites for hydroxylation is 1. The number of hydrogen-bond donors (Lipinski definition) is 4. The molecule has 6 amide bonds. The Morgan fingerprint density at radius 3 is 1.62 bits per heavy atom. The third-order valence-electron chi connectivity index (χ3n) is 13.6. The number of likely N-dealkylation sites (tertiary alicyclic amines) is 2. The van der Waals surface area contributed by atoms with Crippen LogP contribution in [0.3, 0.4) is 0 Å². The van der Waals surface area contributed by atoms with E-state index in [0.717, 1.165) is 20.9 Å². The molecule has 2 aromatic carbocycles. The van der Waals surface area contributed by atoms with Crippen molar-refractivity contribution in [3.05, 3.63) is 71.8 Å². The molecular formula is C54H72F6N8O8. The third kappa shape index (κ3) is 19.7. The number of benzene rings is 2. The maximum atomic E-state index is 14.2. The molecule has 418 valence electrons. The Morgan fingerprint density at radius 1 is 0.645 bits per heavy atom. The Balaban J connectivity index is 1.38. The van der Waals surface area contributed by atoms with E-state index in [1.165, 1.54) is 9.80 Å². The van der Waals surface area contributed by atoms with E-state index in [2.05, 4.69) is 44.9 Å². The molecule has 0 aromatic heterocycles. The number of rotatable bonds is 26. The van der Waals surface area contributed by atoms with Crippen LogP contribution in [0.25, 0.3) is 0 Å². The van der Waals surface area contributed by atoms with E-state index in [9.17, 15) is 55.1 Å². The first kappa shape index (κ1) is 62.3. The highest BCUT2D eigenvalue weighted by Gasteiger charge is 2.46. The Kier molecular flexibility index (Phi) is 25.0. The number of hydrogen-bond acceptors (Lipinski definition) is 10. The summed E-state index contributed by atoms with van der Waals surface area (Å²) in [6.45, 7) is 5.29. The molecule has 0 bridgehead atoms. The zero-order valence-corrected chi connectivity index (χ0v) is 44.0. The second-order valence-electron chi connectivity index (χ2n) is 19.0. The quantitative estimate of drug-likeness (QED) is 0.0795. The molecule has 76 heavy (non-hydrogen) atoms. The number of carbonyl (C=O) groups excluding carboxylic acids is 6. The molecule has 2 aliphatic heterocycles. The van der Waals surface area contributed by atoms with Crippen molar-refractivity contribution in [3.63, 3.8) is 0 Å². The van der Waals surface area contributed by atoms with Crippen LogP contribution >= 0.6 is 0 Å². The van der Waals surface area contributed by atoms with Crippen LogP contribution in [0, 0.1) is 23.7 Å². The van der Waals surface area contributed by atoms with Crippen LogP contribution in [0.4, 0.5) is 26.3 Å². The van der Waals surface area contributed by atoms with Gasteiger partial charge in [-0.05, 0) is 110 Å². The minimum atomic E-state index is -5.13. The molecule has 2 aromatic rings. The number of ether oxygens (including phenoxy) is 2. The lowest BCUT2D eigenvalue weighted by Gasteiger charge is -2.35. The normalized spacial score (nSPS) is 17.9. The van der Waals surface area contributed by atoms with E-state index in [4.69, 9.17) is 9.47 Å². The first-order valence-corrected chi connectivity index (χ1v) is 25.6. The van der Waals surface area contributed by atoms with Crippen molar-refractivity contribution in [2.24, 2.45) is 0 Å².